The number of ether oxygens (including phenoxy) is 2. The molecular weight excluding hydrogens is 394 g/mol. The van der Waals surface area contributed by atoms with E-state index in [1.165, 1.54) is 31.2 Å². The Morgan fingerprint density at radius 1 is 1.34 bits per heavy atom. The lowest BCUT2D eigenvalue weighted by molar-refractivity contribution is -0.386. The highest BCUT2D eigenvalue weighted by Crippen LogP contribution is 2.38. The Morgan fingerprint density at radius 3 is 2.69 bits per heavy atom. The molecule has 0 spiro atoms. The summed E-state index contributed by atoms with van der Waals surface area (Å²) in [6.07, 6.45) is 6.28. The third kappa shape index (κ3) is 5.69. The summed E-state index contributed by atoms with van der Waals surface area (Å²) in [6, 6.07) is 3.10. The number of hydrogen-bond donors (Lipinski definition) is 0. The molecule has 0 amide bonds. The normalized spacial score (nSPS) is 11.4. The van der Waals surface area contributed by atoms with Crippen LogP contribution in [0.15, 0.2) is 22.4 Å². The largest absolute Gasteiger partial charge is 0.493 e. The Balaban J connectivity index is 2.39. The number of rotatable bonds is 11. The number of aromatic nitrogens is 3. The van der Waals surface area contributed by atoms with Crippen molar-refractivity contribution in [1.82, 2.24) is 14.9 Å². The number of nitro benzene ring substituents is 1. The van der Waals surface area contributed by atoms with E-state index in [9.17, 15) is 10.1 Å². The molecule has 0 atom stereocenters. The number of benzene rings is 1. The summed E-state index contributed by atoms with van der Waals surface area (Å²) in [5, 5.41) is 25.0. The average Bonchev–Trinajstić information content (AvgIpc) is 3.12. The summed E-state index contributed by atoms with van der Waals surface area (Å²) in [5.74, 6) is 1.28. The third-order valence-electron chi connectivity index (χ3n) is 4.13. The lowest BCUT2D eigenvalue weighted by Crippen LogP contribution is -2.05. The standard InChI is InChI=1S/C19H27N5O4S/c1-6-7-8-9-28-17-15(24(25)26)10-14(11-16(17)27-4)12-20-23-18(13(2)3)21-22-19(23)29-5/h10-13H,6-9H2,1-5H3/b20-12-. The van der Waals surface area contributed by atoms with E-state index in [4.69, 9.17) is 9.47 Å². The first-order valence-corrected chi connectivity index (χ1v) is 10.7. The second-order valence-corrected chi connectivity index (χ2v) is 7.41. The Labute approximate surface area is 174 Å². The molecule has 0 aliphatic heterocycles. The van der Waals surface area contributed by atoms with Crippen LogP contribution in [0.1, 0.15) is 57.3 Å². The molecular formula is C19H27N5O4S. The first-order valence-electron chi connectivity index (χ1n) is 9.45. The van der Waals surface area contributed by atoms with Crippen molar-refractivity contribution >= 4 is 23.7 Å². The maximum Gasteiger partial charge on any atom is 0.315 e. The number of methoxy groups -OCH3 is 1. The van der Waals surface area contributed by atoms with Gasteiger partial charge in [0.15, 0.2) is 11.6 Å². The molecule has 0 saturated carbocycles. The minimum Gasteiger partial charge on any atom is -0.493 e. The van der Waals surface area contributed by atoms with E-state index in [2.05, 4.69) is 22.2 Å². The van der Waals surface area contributed by atoms with Crippen LogP contribution in [0.2, 0.25) is 0 Å². The van der Waals surface area contributed by atoms with E-state index < -0.39 is 4.92 Å². The zero-order valence-corrected chi connectivity index (χ0v) is 18.2. The molecule has 10 heteroatoms. The topological polar surface area (TPSA) is 105 Å². The highest BCUT2D eigenvalue weighted by atomic mass is 32.2. The summed E-state index contributed by atoms with van der Waals surface area (Å²) in [5.41, 5.74) is 0.366. The summed E-state index contributed by atoms with van der Waals surface area (Å²) >= 11 is 1.42. The molecule has 0 fully saturated rings. The Hall–Kier alpha value is -2.62. The van der Waals surface area contributed by atoms with Crippen molar-refractivity contribution in [2.75, 3.05) is 20.0 Å². The van der Waals surface area contributed by atoms with E-state index in [-0.39, 0.29) is 17.4 Å². The van der Waals surface area contributed by atoms with Gasteiger partial charge in [0.05, 0.1) is 24.9 Å². The second-order valence-electron chi connectivity index (χ2n) is 6.64. The fourth-order valence-electron chi connectivity index (χ4n) is 2.64. The zero-order chi connectivity index (χ0) is 21.4. The number of nitrogens with zero attached hydrogens (tertiary/aromatic N) is 5. The van der Waals surface area contributed by atoms with Gasteiger partial charge in [0.1, 0.15) is 0 Å². The maximum absolute atomic E-state index is 11.6. The van der Waals surface area contributed by atoms with Gasteiger partial charge in [0.2, 0.25) is 10.9 Å². The van der Waals surface area contributed by atoms with Gasteiger partial charge in [-0.3, -0.25) is 10.1 Å². The Bertz CT molecular complexity index is 867. The zero-order valence-electron chi connectivity index (χ0n) is 17.4. The molecule has 0 N–H and O–H groups in total. The minimum atomic E-state index is -0.472. The highest BCUT2D eigenvalue weighted by molar-refractivity contribution is 7.98. The molecule has 1 aromatic carbocycles. The minimum absolute atomic E-state index is 0.128. The van der Waals surface area contributed by atoms with Crippen molar-refractivity contribution in [3.63, 3.8) is 0 Å². The Kier molecular flexibility index (Phi) is 8.44. The van der Waals surface area contributed by atoms with Gasteiger partial charge < -0.3 is 9.47 Å². The molecule has 158 valence electrons. The van der Waals surface area contributed by atoms with Crippen LogP contribution in [-0.2, 0) is 0 Å². The number of unbranched alkanes of at least 4 members (excludes halogenated alkanes) is 2. The van der Waals surface area contributed by atoms with Gasteiger partial charge in [-0.1, -0.05) is 45.4 Å². The fourth-order valence-corrected chi connectivity index (χ4v) is 3.07. The molecule has 2 aromatic rings. The van der Waals surface area contributed by atoms with E-state index in [1.807, 2.05) is 20.1 Å². The molecule has 0 unspecified atom stereocenters. The first-order chi connectivity index (χ1) is 13.9. The SMILES string of the molecule is CCCCCOc1c(OC)cc(/C=N\n2c(SC)nnc2C(C)C)cc1[N+](=O)[O-]. The van der Waals surface area contributed by atoms with Crippen LogP contribution in [0.3, 0.4) is 0 Å². The van der Waals surface area contributed by atoms with Crippen molar-refractivity contribution in [1.29, 1.82) is 0 Å². The first kappa shape index (κ1) is 22.7. The fraction of sp³-hybridized carbons (Fsp3) is 0.526. The lowest BCUT2D eigenvalue weighted by atomic mass is 10.2. The molecule has 1 aromatic heterocycles. The van der Waals surface area contributed by atoms with E-state index in [0.717, 1.165) is 19.3 Å². The second kappa shape index (κ2) is 10.8. The van der Waals surface area contributed by atoms with Crippen molar-refractivity contribution in [2.45, 2.75) is 51.1 Å². The van der Waals surface area contributed by atoms with Crippen molar-refractivity contribution in [3.05, 3.63) is 33.6 Å². The van der Waals surface area contributed by atoms with E-state index in [1.54, 1.807) is 10.7 Å². The van der Waals surface area contributed by atoms with Crippen LogP contribution in [-0.4, -0.2) is 46.0 Å². The number of hydrogen-bond acceptors (Lipinski definition) is 8. The molecule has 9 nitrogen and oxygen atoms in total. The molecule has 1 heterocycles. The molecule has 0 radical (unpaired) electrons. The van der Waals surface area contributed by atoms with Gasteiger partial charge in [-0.2, -0.15) is 9.78 Å². The quantitative estimate of drug-likeness (QED) is 0.173. The van der Waals surface area contributed by atoms with Crippen LogP contribution in [0.4, 0.5) is 5.69 Å². The monoisotopic (exact) mass is 421 g/mol. The molecule has 0 saturated heterocycles. The molecule has 0 aliphatic rings. The average molecular weight is 422 g/mol. The van der Waals surface area contributed by atoms with Crippen molar-refractivity contribution in [2.24, 2.45) is 5.10 Å². The summed E-state index contributed by atoms with van der Waals surface area (Å²) in [7, 11) is 1.46. The summed E-state index contributed by atoms with van der Waals surface area (Å²) < 4.78 is 12.7. The molecule has 2 rings (SSSR count). The summed E-state index contributed by atoms with van der Waals surface area (Å²) in [4.78, 5) is 11.1. The Morgan fingerprint density at radius 2 is 2.10 bits per heavy atom. The van der Waals surface area contributed by atoms with Gasteiger partial charge >= 0.3 is 5.69 Å². The predicted molar refractivity (Wildman–Crippen MR) is 114 cm³/mol. The number of thioether (sulfide) groups is 1. The van der Waals surface area contributed by atoms with E-state index in [0.29, 0.717) is 28.9 Å². The van der Waals surface area contributed by atoms with Gasteiger partial charge in [-0.25, -0.2) is 0 Å². The smallest absolute Gasteiger partial charge is 0.315 e. The van der Waals surface area contributed by atoms with Gasteiger partial charge in [0, 0.05) is 17.5 Å². The number of nitro groups is 1. The summed E-state index contributed by atoms with van der Waals surface area (Å²) in [6.45, 7) is 6.48. The van der Waals surface area contributed by atoms with Crippen LogP contribution in [0.25, 0.3) is 0 Å². The lowest BCUT2D eigenvalue weighted by Gasteiger charge is -2.12. The maximum atomic E-state index is 11.6. The van der Waals surface area contributed by atoms with E-state index >= 15 is 0 Å². The third-order valence-corrected chi connectivity index (χ3v) is 4.75. The predicted octanol–water partition coefficient (Wildman–Crippen LogP) is 4.49. The van der Waals surface area contributed by atoms with Crippen LogP contribution >= 0.6 is 11.8 Å². The molecule has 29 heavy (non-hydrogen) atoms. The van der Waals surface area contributed by atoms with Gasteiger partial charge in [-0.15, -0.1) is 10.2 Å². The van der Waals surface area contributed by atoms with Crippen molar-refractivity contribution in [3.8, 4) is 11.5 Å². The highest BCUT2D eigenvalue weighted by Gasteiger charge is 2.22. The van der Waals surface area contributed by atoms with Gasteiger partial charge in [-0.05, 0) is 18.7 Å². The van der Waals surface area contributed by atoms with Crippen LogP contribution in [0, 0.1) is 10.1 Å². The van der Waals surface area contributed by atoms with Crippen LogP contribution < -0.4 is 9.47 Å². The molecule has 0 bridgehead atoms. The van der Waals surface area contributed by atoms with Gasteiger partial charge in [0.25, 0.3) is 0 Å². The molecule has 0 aliphatic carbocycles. The van der Waals surface area contributed by atoms with Crippen molar-refractivity contribution < 1.29 is 14.4 Å². The van der Waals surface area contributed by atoms with Crippen LogP contribution in [0.5, 0.6) is 11.5 Å².